The fourth-order valence-electron chi connectivity index (χ4n) is 4.28. The number of benzene rings is 1. The Balaban J connectivity index is 1.84. The molecule has 0 aliphatic carbocycles. The molecule has 0 saturated carbocycles. The number of hydrogen-bond acceptors (Lipinski definition) is 7. The van der Waals surface area contributed by atoms with Crippen molar-refractivity contribution in [2.75, 3.05) is 66.1 Å². The SMILES string of the molecule is CCCCCCCCCc1ccc(OCCOCCOCCOCCOCCOC(=O)C(CC)CCCC)cc1. The van der Waals surface area contributed by atoms with Crippen molar-refractivity contribution < 1.29 is 33.2 Å². The standard InChI is InChI=1S/C33H58O7/c1-4-7-9-10-11-12-13-14-30-16-18-32(19-17-30)39-28-26-37-24-22-35-20-21-36-23-25-38-27-29-40-33(34)31(6-3)15-8-5-2/h16-19,31H,4-15,20-29H2,1-3H3. The van der Waals surface area contributed by atoms with Gasteiger partial charge in [-0.25, -0.2) is 0 Å². The molecule has 7 heteroatoms. The smallest absolute Gasteiger partial charge is 0.308 e. The van der Waals surface area contributed by atoms with Gasteiger partial charge in [-0.2, -0.15) is 0 Å². The summed E-state index contributed by atoms with van der Waals surface area (Å²) in [5.41, 5.74) is 1.38. The second kappa shape index (κ2) is 27.5. The summed E-state index contributed by atoms with van der Waals surface area (Å²) < 4.78 is 33.1. The maximum absolute atomic E-state index is 12.0. The third-order valence-electron chi connectivity index (χ3n) is 6.81. The van der Waals surface area contributed by atoms with Gasteiger partial charge >= 0.3 is 5.97 Å². The van der Waals surface area contributed by atoms with Crippen LogP contribution in [-0.4, -0.2) is 72.0 Å². The Morgan fingerprint density at radius 3 is 1.65 bits per heavy atom. The van der Waals surface area contributed by atoms with Crippen LogP contribution in [0.5, 0.6) is 5.75 Å². The fourth-order valence-corrected chi connectivity index (χ4v) is 4.28. The average Bonchev–Trinajstić information content (AvgIpc) is 2.97. The Kier molecular flexibility index (Phi) is 25.0. The van der Waals surface area contributed by atoms with Gasteiger partial charge in [0.1, 0.15) is 19.0 Å². The Morgan fingerprint density at radius 2 is 1.10 bits per heavy atom. The van der Waals surface area contributed by atoms with Crippen LogP contribution >= 0.6 is 0 Å². The van der Waals surface area contributed by atoms with Gasteiger partial charge in [0.05, 0.1) is 58.8 Å². The van der Waals surface area contributed by atoms with Crippen LogP contribution in [-0.2, 0) is 34.9 Å². The Labute approximate surface area is 244 Å². The molecule has 7 nitrogen and oxygen atoms in total. The summed E-state index contributed by atoms with van der Waals surface area (Å²) >= 11 is 0. The highest BCUT2D eigenvalue weighted by Gasteiger charge is 2.16. The Hall–Kier alpha value is -1.67. The number of esters is 1. The number of carbonyl (C=O) groups is 1. The minimum atomic E-state index is -0.108. The molecule has 0 bridgehead atoms. The van der Waals surface area contributed by atoms with Crippen LogP contribution in [0.4, 0.5) is 0 Å². The molecule has 232 valence electrons. The van der Waals surface area contributed by atoms with Gasteiger partial charge in [-0.05, 0) is 43.4 Å². The fraction of sp³-hybridized carbons (Fsp3) is 0.788. The molecule has 0 saturated heterocycles. The third kappa shape index (κ3) is 21.1. The molecular weight excluding hydrogens is 508 g/mol. The van der Waals surface area contributed by atoms with Crippen molar-refractivity contribution in [3.63, 3.8) is 0 Å². The first-order chi connectivity index (χ1) is 19.7. The van der Waals surface area contributed by atoms with Crippen molar-refractivity contribution in [1.82, 2.24) is 0 Å². The van der Waals surface area contributed by atoms with Gasteiger partial charge in [0, 0.05) is 0 Å². The molecule has 40 heavy (non-hydrogen) atoms. The second-order valence-corrected chi connectivity index (χ2v) is 10.2. The molecule has 0 fully saturated rings. The van der Waals surface area contributed by atoms with Gasteiger partial charge in [-0.1, -0.05) is 84.3 Å². The lowest BCUT2D eigenvalue weighted by atomic mass is 10.00. The monoisotopic (exact) mass is 566 g/mol. The first kappa shape index (κ1) is 36.4. The molecule has 1 rings (SSSR count). The van der Waals surface area contributed by atoms with Crippen molar-refractivity contribution >= 4 is 5.97 Å². The molecule has 0 spiro atoms. The number of unbranched alkanes of at least 4 members (excludes halogenated alkanes) is 7. The molecule has 0 aliphatic rings. The molecule has 1 aromatic rings. The molecule has 0 aromatic heterocycles. The zero-order valence-corrected chi connectivity index (χ0v) is 25.8. The van der Waals surface area contributed by atoms with Crippen molar-refractivity contribution in [3.05, 3.63) is 29.8 Å². The van der Waals surface area contributed by atoms with Gasteiger partial charge < -0.3 is 28.4 Å². The number of rotatable bonds is 29. The Bertz CT molecular complexity index is 680. The molecule has 1 aromatic carbocycles. The second-order valence-electron chi connectivity index (χ2n) is 10.2. The molecule has 1 atom stereocenters. The van der Waals surface area contributed by atoms with Crippen LogP contribution < -0.4 is 4.74 Å². The topological polar surface area (TPSA) is 72.5 Å². The van der Waals surface area contributed by atoms with Crippen LogP contribution in [0.25, 0.3) is 0 Å². The normalized spacial score (nSPS) is 12.0. The van der Waals surface area contributed by atoms with E-state index in [9.17, 15) is 4.79 Å². The third-order valence-corrected chi connectivity index (χ3v) is 6.81. The van der Waals surface area contributed by atoms with Gasteiger partial charge in [0.25, 0.3) is 0 Å². The first-order valence-electron chi connectivity index (χ1n) is 15.9. The Morgan fingerprint density at radius 1 is 0.600 bits per heavy atom. The molecule has 0 N–H and O–H groups in total. The summed E-state index contributed by atoms with van der Waals surface area (Å²) in [7, 11) is 0. The highest BCUT2D eigenvalue weighted by Crippen LogP contribution is 2.16. The lowest BCUT2D eigenvalue weighted by Crippen LogP contribution is -2.20. The molecular formula is C33H58O7. The van der Waals surface area contributed by atoms with E-state index in [0.29, 0.717) is 66.1 Å². The first-order valence-corrected chi connectivity index (χ1v) is 15.9. The summed E-state index contributed by atoms with van der Waals surface area (Å²) in [5, 5.41) is 0. The minimum Gasteiger partial charge on any atom is -0.491 e. The predicted molar refractivity (Wildman–Crippen MR) is 161 cm³/mol. The number of aryl methyl sites for hydroxylation is 1. The van der Waals surface area contributed by atoms with E-state index in [2.05, 4.69) is 38.1 Å². The molecule has 0 amide bonds. The number of carbonyl (C=O) groups excluding carboxylic acids is 1. The van der Waals surface area contributed by atoms with E-state index < -0.39 is 0 Å². The summed E-state index contributed by atoms with van der Waals surface area (Å²) in [6, 6.07) is 8.45. The van der Waals surface area contributed by atoms with E-state index in [1.807, 2.05) is 6.92 Å². The van der Waals surface area contributed by atoms with Crippen LogP contribution in [0.2, 0.25) is 0 Å². The maximum atomic E-state index is 12.0. The average molecular weight is 567 g/mol. The van der Waals surface area contributed by atoms with Gasteiger partial charge in [0.2, 0.25) is 0 Å². The van der Waals surface area contributed by atoms with E-state index >= 15 is 0 Å². The number of ether oxygens (including phenoxy) is 6. The van der Waals surface area contributed by atoms with Crippen molar-refractivity contribution in [1.29, 1.82) is 0 Å². The van der Waals surface area contributed by atoms with E-state index in [1.165, 1.54) is 50.5 Å². The van der Waals surface area contributed by atoms with Crippen LogP contribution in [0, 0.1) is 5.92 Å². The van der Waals surface area contributed by atoms with Crippen molar-refractivity contribution in [2.45, 2.75) is 97.8 Å². The van der Waals surface area contributed by atoms with Crippen LogP contribution in [0.3, 0.4) is 0 Å². The highest BCUT2D eigenvalue weighted by atomic mass is 16.6. The van der Waals surface area contributed by atoms with E-state index in [4.69, 9.17) is 28.4 Å². The van der Waals surface area contributed by atoms with Gasteiger partial charge in [-0.15, -0.1) is 0 Å². The van der Waals surface area contributed by atoms with E-state index in [-0.39, 0.29) is 11.9 Å². The zero-order valence-electron chi connectivity index (χ0n) is 25.8. The maximum Gasteiger partial charge on any atom is 0.308 e. The van der Waals surface area contributed by atoms with Crippen molar-refractivity contribution in [2.24, 2.45) is 5.92 Å². The van der Waals surface area contributed by atoms with Crippen LogP contribution in [0.1, 0.15) is 97.0 Å². The van der Waals surface area contributed by atoms with Gasteiger partial charge in [0.15, 0.2) is 0 Å². The summed E-state index contributed by atoms with van der Waals surface area (Å²) in [4.78, 5) is 12.0. The molecule has 0 radical (unpaired) electrons. The van der Waals surface area contributed by atoms with Crippen LogP contribution in [0.15, 0.2) is 24.3 Å². The quantitative estimate of drug-likeness (QED) is 0.0751. The summed E-state index contributed by atoms with van der Waals surface area (Å²) in [6.07, 6.45) is 14.4. The lowest BCUT2D eigenvalue weighted by molar-refractivity contribution is -0.150. The van der Waals surface area contributed by atoms with E-state index in [0.717, 1.165) is 37.9 Å². The zero-order chi connectivity index (χ0) is 28.9. The highest BCUT2D eigenvalue weighted by molar-refractivity contribution is 5.72. The molecule has 0 heterocycles. The van der Waals surface area contributed by atoms with Gasteiger partial charge in [-0.3, -0.25) is 4.79 Å². The summed E-state index contributed by atoms with van der Waals surface area (Å²) in [5.74, 6) is 0.787. The van der Waals surface area contributed by atoms with Crippen molar-refractivity contribution in [3.8, 4) is 5.75 Å². The van der Waals surface area contributed by atoms with E-state index in [1.54, 1.807) is 0 Å². The summed E-state index contributed by atoms with van der Waals surface area (Å²) in [6.45, 7) is 11.2. The predicted octanol–water partition coefficient (Wildman–Crippen LogP) is 7.18. The largest absolute Gasteiger partial charge is 0.491 e. The lowest BCUT2D eigenvalue weighted by Gasteiger charge is -2.13. The minimum absolute atomic E-state index is 0.00852. The molecule has 1 unspecified atom stereocenters. The number of hydrogen-bond donors (Lipinski definition) is 0. The molecule has 0 aliphatic heterocycles.